The van der Waals surface area contributed by atoms with Gasteiger partial charge in [-0.1, -0.05) is 68.8 Å². The number of piperidine rings is 1. The molecule has 1 heterocycles. The van der Waals surface area contributed by atoms with Crippen LogP contribution in [0.3, 0.4) is 0 Å². The van der Waals surface area contributed by atoms with Crippen LogP contribution in [0, 0.1) is 11.8 Å². The molecule has 212 valence electrons. The van der Waals surface area contributed by atoms with E-state index in [0.29, 0.717) is 18.4 Å². The lowest BCUT2D eigenvalue weighted by Gasteiger charge is -2.20. The van der Waals surface area contributed by atoms with E-state index in [2.05, 4.69) is 43.1 Å². The fraction of sp³-hybridized carbons (Fsp3) is 0.424. The molecule has 5 rings (SSSR count). The van der Waals surface area contributed by atoms with Crippen molar-refractivity contribution in [2.24, 2.45) is 11.8 Å². The minimum Gasteiger partial charge on any atom is -0.492 e. The van der Waals surface area contributed by atoms with E-state index in [1.807, 2.05) is 60.7 Å². The molecule has 1 saturated carbocycles. The number of benzene rings is 3. The molecule has 1 aliphatic carbocycles. The van der Waals surface area contributed by atoms with E-state index < -0.39 is 12.1 Å². The summed E-state index contributed by atoms with van der Waals surface area (Å²) in [6, 6.07) is 24.0. The highest BCUT2D eigenvalue weighted by molar-refractivity contribution is 6.30. The molecular weight excluding hydrogens is 524 g/mol. The standard InChI is InChI=1S/C33H39ClN2O4/c1-33(2,3)24-8-14-27(15-9-24)40-30(32(37)38)18-22-6-12-26(13-7-22)39-17-16-35-31-28-20-36(21-29(28)31)19-23-4-10-25(34)11-5-23/h4-15,28-31,35H,16-21H2,1-3H3,(H,37,38)/t28-,29+,30-,31?/m0/s1. The van der Waals surface area contributed by atoms with Gasteiger partial charge in [-0.05, 0) is 70.3 Å². The summed E-state index contributed by atoms with van der Waals surface area (Å²) in [6.07, 6.45) is -0.686. The summed E-state index contributed by atoms with van der Waals surface area (Å²) in [4.78, 5) is 14.4. The summed E-state index contributed by atoms with van der Waals surface area (Å²) in [5.74, 6) is 1.81. The highest BCUT2D eigenvalue weighted by atomic mass is 35.5. The molecule has 4 atom stereocenters. The highest BCUT2D eigenvalue weighted by Crippen LogP contribution is 2.45. The first kappa shape index (κ1) is 28.5. The highest BCUT2D eigenvalue weighted by Gasteiger charge is 2.55. The molecule has 2 N–H and O–H groups in total. The predicted molar refractivity (Wildman–Crippen MR) is 158 cm³/mol. The zero-order valence-corrected chi connectivity index (χ0v) is 24.2. The quantitative estimate of drug-likeness (QED) is 0.271. The third-order valence-electron chi connectivity index (χ3n) is 7.96. The van der Waals surface area contributed by atoms with Gasteiger partial charge in [-0.25, -0.2) is 4.79 Å². The van der Waals surface area contributed by atoms with Crippen molar-refractivity contribution in [3.63, 3.8) is 0 Å². The lowest BCUT2D eigenvalue weighted by molar-refractivity contribution is -0.145. The maximum Gasteiger partial charge on any atom is 0.345 e. The summed E-state index contributed by atoms with van der Waals surface area (Å²) >= 11 is 5.99. The summed E-state index contributed by atoms with van der Waals surface area (Å²) < 4.78 is 11.7. The molecule has 0 aromatic heterocycles. The van der Waals surface area contributed by atoms with Crippen LogP contribution in [0.1, 0.15) is 37.5 Å². The molecule has 6 nitrogen and oxygen atoms in total. The Morgan fingerprint density at radius 1 is 0.950 bits per heavy atom. The molecule has 0 bridgehead atoms. The third kappa shape index (κ3) is 7.36. The number of nitrogens with zero attached hydrogens (tertiary/aromatic N) is 1. The first-order valence-electron chi connectivity index (χ1n) is 14.1. The van der Waals surface area contributed by atoms with E-state index in [1.165, 1.54) is 11.1 Å². The molecule has 2 aliphatic rings. The molecular formula is C33H39ClN2O4. The van der Waals surface area contributed by atoms with E-state index in [4.69, 9.17) is 21.1 Å². The fourth-order valence-electron chi connectivity index (χ4n) is 5.60. The van der Waals surface area contributed by atoms with Crippen molar-refractivity contribution < 1.29 is 19.4 Å². The third-order valence-corrected chi connectivity index (χ3v) is 8.21. The molecule has 3 aromatic rings. The number of hydrogen-bond acceptors (Lipinski definition) is 5. The van der Waals surface area contributed by atoms with Gasteiger partial charge in [0.05, 0.1) is 0 Å². The van der Waals surface area contributed by atoms with Gasteiger partial charge in [0.1, 0.15) is 18.1 Å². The summed E-state index contributed by atoms with van der Waals surface area (Å²) in [5.41, 5.74) is 3.40. The first-order valence-corrected chi connectivity index (χ1v) is 14.5. The Balaban J connectivity index is 1.01. The summed E-state index contributed by atoms with van der Waals surface area (Å²) in [7, 11) is 0. The fourth-order valence-corrected chi connectivity index (χ4v) is 5.73. The van der Waals surface area contributed by atoms with Crippen molar-refractivity contribution in [2.75, 3.05) is 26.2 Å². The number of likely N-dealkylation sites (tertiary alicyclic amines) is 1. The minimum atomic E-state index is -0.982. The zero-order chi connectivity index (χ0) is 28.3. The molecule has 2 fully saturated rings. The smallest absolute Gasteiger partial charge is 0.345 e. The van der Waals surface area contributed by atoms with Crippen LogP contribution in [0.25, 0.3) is 0 Å². The number of rotatable bonds is 12. The van der Waals surface area contributed by atoms with Crippen LogP contribution in [0.4, 0.5) is 0 Å². The normalized spacial score (nSPS) is 21.1. The number of carboxylic acid groups (broad SMARTS) is 1. The topological polar surface area (TPSA) is 71.0 Å². The maximum absolute atomic E-state index is 11.9. The van der Waals surface area contributed by atoms with Crippen molar-refractivity contribution in [1.82, 2.24) is 10.2 Å². The molecule has 1 aliphatic heterocycles. The Kier molecular flexibility index (Phi) is 8.69. The average Bonchev–Trinajstić information content (AvgIpc) is 3.37. The van der Waals surface area contributed by atoms with Crippen LogP contribution in [-0.4, -0.2) is 54.4 Å². The number of halogens is 1. The molecule has 0 spiro atoms. The molecule has 0 amide bonds. The SMILES string of the molecule is CC(C)(C)c1ccc(O[C@@H](Cc2ccc(OCCNC3[C@H]4CN(Cc5ccc(Cl)cc5)C[C@@H]34)cc2)C(=O)O)cc1. The Bertz CT molecular complexity index is 1260. The average molecular weight is 563 g/mol. The number of ether oxygens (including phenoxy) is 2. The van der Waals surface area contributed by atoms with Gasteiger partial charge in [-0.2, -0.15) is 0 Å². The van der Waals surface area contributed by atoms with Gasteiger partial charge in [0.25, 0.3) is 0 Å². The number of nitrogens with one attached hydrogen (secondary N) is 1. The second kappa shape index (κ2) is 12.2. The Labute approximate surface area is 242 Å². The second-order valence-electron chi connectivity index (χ2n) is 12.0. The number of fused-ring (bicyclic) bond motifs is 1. The van der Waals surface area contributed by atoms with Gasteiger partial charge in [0, 0.05) is 43.7 Å². The van der Waals surface area contributed by atoms with Gasteiger partial charge in [-0.15, -0.1) is 0 Å². The van der Waals surface area contributed by atoms with E-state index in [0.717, 1.165) is 54.4 Å². The van der Waals surface area contributed by atoms with Crippen LogP contribution < -0.4 is 14.8 Å². The number of aliphatic carboxylic acids is 1. The van der Waals surface area contributed by atoms with E-state index in [1.54, 1.807) is 0 Å². The lowest BCUT2D eigenvalue weighted by atomic mass is 9.87. The van der Waals surface area contributed by atoms with Crippen LogP contribution in [0.15, 0.2) is 72.8 Å². The Morgan fingerprint density at radius 3 is 2.15 bits per heavy atom. The maximum atomic E-state index is 11.9. The Hall–Kier alpha value is -3.06. The van der Waals surface area contributed by atoms with Crippen LogP contribution >= 0.6 is 11.6 Å². The Morgan fingerprint density at radius 2 is 1.55 bits per heavy atom. The van der Waals surface area contributed by atoms with Gasteiger partial charge in [0.15, 0.2) is 6.10 Å². The van der Waals surface area contributed by atoms with Crippen molar-refractivity contribution in [3.8, 4) is 11.5 Å². The monoisotopic (exact) mass is 562 g/mol. The number of carbonyl (C=O) groups is 1. The zero-order valence-electron chi connectivity index (χ0n) is 23.5. The van der Waals surface area contributed by atoms with Gasteiger partial charge >= 0.3 is 5.97 Å². The van der Waals surface area contributed by atoms with Gasteiger partial charge in [0.2, 0.25) is 0 Å². The van der Waals surface area contributed by atoms with Crippen molar-refractivity contribution >= 4 is 17.6 Å². The largest absolute Gasteiger partial charge is 0.492 e. The van der Waals surface area contributed by atoms with Crippen molar-refractivity contribution in [2.45, 2.75) is 51.3 Å². The number of hydrogen-bond donors (Lipinski definition) is 2. The first-order chi connectivity index (χ1) is 19.2. The number of carboxylic acids is 1. The summed E-state index contributed by atoms with van der Waals surface area (Å²) in [5, 5.41) is 14.2. The van der Waals surface area contributed by atoms with E-state index >= 15 is 0 Å². The molecule has 7 heteroatoms. The minimum absolute atomic E-state index is 0.0302. The molecule has 0 radical (unpaired) electrons. The van der Waals surface area contributed by atoms with E-state index in [-0.39, 0.29) is 11.8 Å². The van der Waals surface area contributed by atoms with Gasteiger partial charge in [-0.3, -0.25) is 4.90 Å². The predicted octanol–water partition coefficient (Wildman–Crippen LogP) is 5.81. The van der Waals surface area contributed by atoms with Crippen LogP contribution in [-0.2, 0) is 23.2 Å². The van der Waals surface area contributed by atoms with Crippen molar-refractivity contribution in [3.05, 3.63) is 94.5 Å². The molecule has 1 unspecified atom stereocenters. The van der Waals surface area contributed by atoms with Gasteiger partial charge < -0.3 is 19.9 Å². The van der Waals surface area contributed by atoms with Crippen molar-refractivity contribution in [1.29, 1.82) is 0 Å². The summed E-state index contributed by atoms with van der Waals surface area (Å²) in [6.45, 7) is 11.1. The lowest BCUT2D eigenvalue weighted by Crippen LogP contribution is -2.33. The molecule has 1 saturated heterocycles. The molecule has 40 heavy (non-hydrogen) atoms. The van der Waals surface area contributed by atoms with Crippen LogP contribution in [0.2, 0.25) is 5.02 Å². The van der Waals surface area contributed by atoms with E-state index in [9.17, 15) is 9.90 Å². The molecule has 3 aromatic carbocycles. The van der Waals surface area contributed by atoms with Crippen LogP contribution in [0.5, 0.6) is 11.5 Å². The second-order valence-corrected chi connectivity index (χ2v) is 12.5.